The molecule has 0 spiro atoms. The molecule has 0 fully saturated rings. The summed E-state index contributed by atoms with van der Waals surface area (Å²) >= 11 is 0. The van der Waals surface area contributed by atoms with Crippen LogP contribution in [0, 0.1) is 5.41 Å². The van der Waals surface area contributed by atoms with Crippen molar-refractivity contribution in [2.24, 2.45) is 5.41 Å². The molecule has 1 N–H and O–H groups in total. The van der Waals surface area contributed by atoms with Gasteiger partial charge in [-0.25, -0.2) is 0 Å². The molecule has 2 aliphatic rings. The van der Waals surface area contributed by atoms with E-state index in [1.165, 1.54) is 25.7 Å². The van der Waals surface area contributed by atoms with E-state index in [1.807, 2.05) is 0 Å². The molecule has 0 aromatic carbocycles. The van der Waals surface area contributed by atoms with Gasteiger partial charge in [0.15, 0.2) is 0 Å². The van der Waals surface area contributed by atoms with Crippen molar-refractivity contribution in [3.63, 3.8) is 0 Å². The minimum absolute atomic E-state index is 0.0791. The first-order chi connectivity index (χ1) is 5.62. The van der Waals surface area contributed by atoms with Crippen molar-refractivity contribution >= 4 is 0 Å². The van der Waals surface area contributed by atoms with Crippen molar-refractivity contribution in [2.45, 2.75) is 52.1 Å². The lowest BCUT2D eigenvalue weighted by Crippen LogP contribution is -2.25. The van der Waals surface area contributed by atoms with Crippen LogP contribution in [0.5, 0.6) is 0 Å². The molecular weight excluding hydrogens is 148 g/mol. The van der Waals surface area contributed by atoms with Crippen molar-refractivity contribution < 1.29 is 5.11 Å². The van der Waals surface area contributed by atoms with E-state index in [0.29, 0.717) is 0 Å². The summed E-state index contributed by atoms with van der Waals surface area (Å²) in [5.41, 5.74) is 3.22. The normalized spacial score (nSPS) is 33.8. The van der Waals surface area contributed by atoms with E-state index in [-0.39, 0.29) is 11.5 Å². The molecule has 0 saturated carbocycles. The fourth-order valence-electron chi connectivity index (χ4n) is 2.66. The molecule has 0 heterocycles. The highest BCUT2D eigenvalue weighted by atomic mass is 16.3. The Morgan fingerprint density at radius 1 is 1.25 bits per heavy atom. The average Bonchev–Trinajstić information content (AvgIpc) is 2.25. The van der Waals surface area contributed by atoms with Crippen molar-refractivity contribution in [2.75, 3.05) is 0 Å². The molecule has 2 rings (SSSR count). The van der Waals surface area contributed by atoms with Gasteiger partial charge in [-0.2, -0.15) is 0 Å². The first kappa shape index (κ1) is 8.31. The highest BCUT2D eigenvalue weighted by Gasteiger charge is 2.40. The van der Waals surface area contributed by atoms with Crippen LogP contribution in [0.25, 0.3) is 0 Å². The summed E-state index contributed by atoms with van der Waals surface area (Å²) in [6.45, 7) is 4.37. The summed E-state index contributed by atoms with van der Waals surface area (Å²) in [7, 11) is 0. The monoisotopic (exact) mass is 166 g/mol. The zero-order chi connectivity index (χ0) is 8.77. The highest BCUT2D eigenvalue weighted by Crippen LogP contribution is 2.48. The lowest BCUT2D eigenvalue weighted by atomic mass is 9.79. The van der Waals surface area contributed by atoms with Gasteiger partial charge in [0.1, 0.15) is 0 Å². The van der Waals surface area contributed by atoms with E-state index in [9.17, 15) is 5.11 Å². The smallest absolute Gasteiger partial charge is 0.0665 e. The number of aliphatic hydroxyl groups excluding tert-OH is 1. The van der Waals surface area contributed by atoms with E-state index in [1.54, 1.807) is 11.1 Å². The summed E-state index contributed by atoms with van der Waals surface area (Å²) in [4.78, 5) is 0. The lowest BCUT2D eigenvalue weighted by molar-refractivity contribution is 0.0889. The summed E-state index contributed by atoms with van der Waals surface area (Å²) in [6, 6.07) is 0. The van der Waals surface area contributed by atoms with Gasteiger partial charge in [-0.15, -0.1) is 0 Å². The number of rotatable bonds is 0. The SMILES string of the molecule is CC1(C)C2=C(CCCC2)CC1O. The number of hydrogen-bond acceptors (Lipinski definition) is 1. The van der Waals surface area contributed by atoms with Crippen molar-refractivity contribution in [3.05, 3.63) is 11.1 Å². The molecule has 0 aromatic rings. The molecule has 0 aliphatic heterocycles. The summed E-state index contributed by atoms with van der Waals surface area (Å²) in [5, 5.41) is 9.85. The second kappa shape index (κ2) is 2.59. The molecule has 1 unspecified atom stereocenters. The maximum Gasteiger partial charge on any atom is 0.0665 e. The number of hydrogen-bond donors (Lipinski definition) is 1. The van der Waals surface area contributed by atoms with Crippen LogP contribution in [-0.4, -0.2) is 11.2 Å². The van der Waals surface area contributed by atoms with Crippen LogP contribution in [0.15, 0.2) is 11.1 Å². The summed E-state index contributed by atoms with van der Waals surface area (Å²) in [5.74, 6) is 0. The molecule has 0 bridgehead atoms. The first-order valence-electron chi connectivity index (χ1n) is 5.02. The van der Waals surface area contributed by atoms with Crippen LogP contribution < -0.4 is 0 Å². The Morgan fingerprint density at radius 2 is 1.92 bits per heavy atom. The largest absolute Gasteiger partial charge is 0.392 e. The fraction of sp³-hybridized carbons (Fsp3) is 0.818. The van der Waals surface area contributed by atoms with Gasteiger partial charge in [0.05, 0.1) is 6.10 Å². The Hall–Kier alpha value is -0.300. The molecule has 1 heteroatoms. The predicted molar refractivity (Wildman–Crippen MR) is 49.9 cm³/mol. The maximum atomic E-state index is 9.85. The standard InChI is InChI=1S/C11H18O/c1-11(2)9-6-4-3-5-8(9)7-10(11)12/h10,12H,3-7H2,1-2H3. The van der Waals surface area contributed by atoms with Gasteiger partial charge >= 0.3 is 0 Å². The van der Waals surface area contributed by atoms with Gasteiger partial charge in [0.2, 0.25) is 0 Å². The van der Waals surface area contributed by atoms with Gasteiger partial charge in [-0.1, -0.05) is 25.0 Å². The van der Waals surface area contributed by atoms with E-state index in [0.717, 1.165) is 6.42 Å². The Bertz CT molecular complexity index is 225. The molecule has 2 aliphatic carbocycles. The van der Waals surface area contributed by atoms with Gasteiger partial charge in [-0.3, -0.25) is 0 Å². The second-order valence-electron chi connectivity index (χ2n) is 4.73. The molecule has 0 amide bonds. The Kier molecular flexibility index (Phi) is 1.80. The zero-order valence-corrected chi connectivity index (χ0v) is 8.06. The van der Waals surface area contributed by atoms with Gasteiger partial charge < -0.3 is 5.11 Å². The Balaban J connectivity index is 2.31. The molecule has 0 radical (unpaired) electrons. The zero-order valence-electron chi connectivity index (χ0n) is 8.06. The Morgan fingerprint density at radius 3 is 2.58 bits per heavy atom. The average molecular weight is 166 g/mol. The quantitative estimate of drug-likeness (QED) is 0.548. The molecule has 12 heavy (non-hydrogen) atoms. The van der Waals surface area contributed by atoms with Crippen LogP contribution in [0.3, 0.4) is 0 Å². The van der Waals surface area contributed by atoms with Crippen LogP contribution in [0.2, 0.25) is 0 Å². The molecule has 0 aromatic heterocycles. The highest BCUT2D eigenvalue weighted by molar-refractivity contribution is 5.31. The van der Waals surface area contributed by atoms with Crippen LogP contribution in [0.1, 0.15) is 46.0 Å². The predicted octanol–water partition coefficient (Wildman–Crippen LogP) is 2.65. The van der Waals surface area contributed by atoms with E-state index >= 15 is 0 Å². The van der Waals surface area contributed by atoms with Crippen LogP contribution >= 0.6 is 0 Å². The van der Waals surface area contributed by atoms with Gasteiger partial charge in [0.25, 0.3) is 0 Å². The van der Waals surface area contributed by atoms with Crippen LogP contribution in [0.4, 0.5) is 0 Å². The van der Waals surface area contributed by atoms with Gasteiger partial charge in [0, 0.05) is 5.41 Å². The topological polar surface area (TPSA) is 20.2 Å². The fourth-order valence-corrected chi connectivity index (χ4v) is 2.66. The maximum absolute atomic E-state index is 9.85. The summed E-state index contributed by atoms with van der Waals surface area (Å²) < 4.78 is 0. The first-order valence-corrected chi connectivity index (χ1v) is 5.02. The molecule has 0 saturated heterocycles. The molecule has 1 atom stereocenters. The van der Waals surface area contributed by atoms with Crippen molar-refractivity contribution in [1.82, 2.24) is 0 Å². The third-order valence-corrected chi connectivity index (χ3v) is 3.63. The van der Waals surface area contributed by atoms with E-state index in [2.05, 4.69) is 13.8 Å². The molecule has 68 valence electrons. The molecular formula is C11H18O. The van der Waals surface area contributed by atoms with Crippen LogP contribution in [-0.2, 0) is 0 Å². The minimum Gasteiger partial charge on any atom is -0.392 e. The van der Waals surface area contributed by atoms with Crippen molar-refractivity contribution in [3.8, 4) is 0 Å². The molecule has 1 nitrogen and oxygen atoms in total. The Labute approximate surface area is 74.5 Å². The van der Waals surface area contributed by atoms with Crippen molar-refractivity contribution in [1.29, 1.82) is 0 Å². The third-order valence-electron chi connectivity index (χ3n) is 3.63. The summed E-state index contributed by atoms with van der Waals surface area (Å²) in [6.07, 6.45) is 5.98. The third kappa shape index (κ3) is 1.03. The van der Waals surface area contributed by atoms with E-state index < -0.39 is 0 Å². The second-order valence-corrected chi connectivity index (χ2v) is 4.73. The van der Waals surface area contributed by atoms with Gasteiger partial charge in [-0.05, 0) is 32.1 Å². The lowest BCUT2D eigenvalue weighted by Gasteiger charge is -2.28. The number of aliphatic hydroxyl groups is 1. The van der Waals surface area contributed by atoms with E-state index in [4.69, 9.17) is 0 Å². The minimum atomic E-state index is -0.111.